The predicted molar refractivity (Wildman–Crippen MR) is 117 cm³/mol. The lowest BCUT2D eigenvalue weighted by molar-refractivity contribution is 0.192. The van der Waals surface area contributed by atoms with Gasteiger partial charge in [0.05, 0.1) is 12.2 Å². The van der Waals surface area contributed by atoms with Gasteiger partial charge in [0.2, 0.25) is 0 Å². The minimum absolute atomic E-state index is 0.201. The molecule has 0 saturated carbocycles. The van der Waals surface area contributed by atoms with Crippen molar-refractivity contribution in [2.45, 2.75) is 31.8 Å². The van der Waals surface area contributed by atoms with Crippen LogP contribution in [0, 0.1) is 11.6 Å². The number of carbonyl (C=O) groups is 1. The summed E-state index contributed by atoms with van der Waals surface area (Å²) >= 11 is 0. The molecule has 0 aliphatic carbocycles. The summed E-state index contributed by atoms with van der Waals surface area (Å²) in [7, 11) is 0. The number of imidazole rings is 1. The third-order valence-corrected chi connectivity index (χ3v) is 6.10. The zero-order chi connectivity index (χ0) is 22.2. The van der Waals surface area contributed by atoms with Crippen molar-refractivity contribution >= 4 is 23.3 Å². The summed E-state index contributed by atoms with van der Waals surface area (Å²) in [4.78, 5) is 20.8. The molecule has 4 heterocycles. The molecule has 8 nitrogen and oxygen atoms in total. The summed E-state index contributed by atoms with van der Waals surface area (Å²) < 4.78 is 29.8. The van der Waals surface area contributed by atoms with Gasteiger partial charge in [0.25, 0.3) is 0 Å². The smallest absolute Gasteiger partial charge is 0.323 e. The normalized spacial score (nSPS) is 21.3. The van der Waals surface area contributed by atoms with Crippen molar-refractivity contribution < 1.29 is 13.6 Å². The molecule has 1 unspecified atom stereocenters. The number of piperazine rings is 1. The number of anilines is 2. The zero-order valence-electron chi connectivity index (χ0n) is 17.8. The first-order valence-electron chi connectivity index (χ1n) is 10.9. The monoisotopic (exact) mass is 441 g/mol. The van der Waals surface area contributed by atoms with Gasteiger partial charge in [-0.05, 0) is 50.1 Å². The molecule has 0 spiro atoms. The molecular formula is C22H25F2N7O. The summed E-state index contributed by atoms with van der Waals surface area (Å²) in [6, 6.07) is 6.91. The fourth-order valence-corrected chi connectivity index (χ4v) is 4.54. The fourth-order valence-electron chi connectivity index (χ4n) is 4.54. The zero-order valence-corrected chi connectivity index (χ0v) is 17.8. The number of urea groups is 1. The van der Waals surface area contributed by atoms with Gasteiger partial charge in [-0.3, -0.25) is 5.32 Å². The lowest BCUT2D eigenvalue weighted by Gasteiger charge is -2.31. The van der Waals surface area contributed by atoms with Crippen LogP contribution in [0.15, 0.2) is 36.5 Å². The molecule has 32 heavy (non-hydrogen) atoms. The number of hydrogen-bond donors (Lipinski definition) is 2. The molecule has 2 saturated heterocycles. The maximum absolute atomic E-state index is 14.4. The maximum Gasteiger partial charge on any atom is 0.323 e. The number of aromatic nitrogens is 3. The van der Waals surface area contributed by atoms with Gasteiger partial charge in [-0.1, -0.05) is 0 Å². The highest BCUT2D eigenvalue weighted by atomic mass is 19.1. The molecule has 3 aromatic rings. The van der Waals surface area contributed by atoms with Crippen LogP contribution in [0.2, 0.25) is 0 Å². The van der Waals surface area contributed by atoms with Crippen molar-refractivity contribution in [2.24, 2.45) is 0 Å². The average molecular weight is 441 g/mol. The Hall–Kier alpha value is -3.27. The molecule has 5 rings (SSSR count). The summed E-state index contributed by atoms with van der Waals surface area (Å²) in [6.45, 7) is 4.71. The van der Waals surface area contributed by atoms with E-state index in [9.17, 15) is 13.6 Å². The summed E-state index contributed by atoms with van der Waals surface area (Å²) in [5.74, 6) is 0.197. The van der Waals surface area contributed by atoms with Gasteiger partial charge in [-0.15, -0.1) is 5.10 Å². The van der Waals surface area contributed by atoms with Gasteiger partial charge in [0.1, 0.15) is 17.5 Å². The van der Waals surface area contributed by atoms with E-state index in [1.807, 2.05) is 24.0 Å². The quantitative estimate of drug-likeness (QED) is 0.653. The van der Waals surface area contributed by atoms with Crippen LogP contribution in [0.4, 0.5) is 25.2 Å². The Labute approximate surface area is 184 Å². The highest BCUT2D eigenvalue weighted by molar-refractivity contribution is 5.88. The van der Waals surface area contributed by atoms with Gasteiger partial charge in [-0.2, -0.15) is 4.52 Å². The van der Waals surface area contributed by atoms with E-state index in [1.165, 1.54) is 6.07 Å². The number of hydrogen-bond acceptors (Lipinski definition) is 5. The first-order valence-corrected chi connectivity index (χ1v) is 10.9. The third-order valence-electron chi connectivity index (χ3n) is 6.10. The lowest BCUT2D eigenvalue weighted by atomic mass is 10.0. The Morgan fingerprint density at radius 2 is 2.09 bits per heavy atom. The van der Waals surface area contributed by atoms with Gasteiger partial charge in [-0.25, -0.2) is 18.6 Å². The van der Waals surface area contributed by atoms with E-state index in [0.717, 1.165) is 25.1 Å². The standard InChI is InChI=1S/C22H25F2N7O/c1-14-13-29(10-8-25-14)22(32)27-21-12-26-19-6-7-20(28-31(19)21)30-9-2-3-18(30)16-11-15(23)4-5-17(16)24/h4-7,11-12,14,18,25H,2-3,8-10,13H2,1H3,(H,27,32)/t14?,18-/m0/s1. The van der Waals surface area contributed by atoms with Crippen LogP contribution < -0.4 is 15.5 Å². The number of amides is 2. The van der Waals surface area contributed by atoms with E-state index in [4.69, 9.17) is 0 Å². The van der Waals surface area contributed by atoms with Crippen molar-refractivity contribution in [3.8, 4) is 0 Å². The Morgan fingerprint density at radius 1 is 1.22 bits per heavy atom. The average Bonchev–Trinajstić information content (AvgIpc) is 3.42. The Balaban J connectivity index is 1.42. The molecular weight excluding hydrogens is 416 g/mol. The van der Waals surface area contributed by atoms with E-state index >= 15 is 0 Å². The van der Waals surface area contributed by atoms with Crippen molar-refractivity contribution in [3.05, 3.63) is 53.7 Å². The molecule has 2 fully saturated rings. The molecule has 2 aliphatic rings. The van der Waals surface area contributed by atoms with Crippen LogP contribution in [0.1, 0.15) is 31.4 Å². The number of nitrogens with one attached hydrogen (secondary N) is 2. The number of benzene rings is 1. The van der Waals surface area contributed by atoms with Crippen molar-refractivity contribution in [2.75, 3.05) is 36.4 Å². The second kappa shape index (κ2) is 8.34. The summed E-state index contributed by atoms with van der Waals surface area (Å²) in [5.41, 5.74) is 0.918. The van der Waals surface area contributed by atoms with Crippen LogP contribution >= 0.6 is 0 Å². The minimum atomic E-state index is -0.460. The molecule has 2 atom stereocenters. The van der Waals surface area contributed by atoms with Crippen LogP contribution in [-0.4, -0.2) is 57.7 Å². The van der Waals surface area contributed by atoms with Gasteiger partial charge in [0.15, 0.2) is 11.5 Å². The van der Waals surface area contributed by atoms with E-state index < -0.39 is 11.6 Å². The first kappa shape index (κ1) is 20.6. The largest absolute Gasteiger partial charge is 0.348 e. The van der Waals surface area contributed by atoms with Gasteiger partial charge >= 0.3 is 6.03 Å². The number of carbonyl (C=O) groups excluding carboxylic acids is 1. The molecule has 0 bridgehead atoms. The van der Waals surface area contributed by atoms with Crippen molar-refractivity contribution in [3.63, 3.8) is 0 Å². The summed E-state index contributed by atoms with van der Waals surface area (Å²) in [5, 5.41) is 10.9. The van der Waals surface area contributed by atoms with Crippen LogP contribution in [0.3, 0.4) is 0 Å². The fraction of sp³-hybridized carbons (Fsp3) is 0.409. The SMILES string of the molecule is CC1CN(C(=O)Nc2cnc3ccc(N4CCC[C@H]4c4cc(F)ccc4F)nn23)CCN1. The van der Waals surface area contributed by atoms with Gasteiger partial charge in [0, 0.05) is 37.8 Å². The number of nitrogens with zero attached hydrogens (tertiary/aromatic N) is 5. The Morgan fingerprint density at radius 3 is 2.94 bits per heavy atom. The van der Waals surface area contributed by atoms with Crippen LogP contribution in [0.5, 0.6) is 0 Å². The molecule has 2 amide bonds. The molecule has 0 radical (unpaired) electrons. The third kappa shape index (κ3) is 3.86. The first-order chi connectivity index (χ1) is 15.5. The molecule has 1 aromatic carbocycles. The van der Waals surface area contributed by atoms with Crippen molar-refractivity contribution in [1.29, 1.82) is 0 Å². The molecule has 2 N–H and O–H groups in total. The van der Waals surface area contributed by atoms with E-state index in [1.54, 1.807) is 15.6 Å². The van der Waals surface area contributed by atoms with E-state index in [2.05, 4.69) is 20.7 Å². The van der Waals surface area contributed by atoms with Crippen LogP contribution in [-0.2, 0) is 0 Å². The van der Waals surface area contributed by atoms with Crippen molar-refractivity contribution in [1.82, 2.24) is 24.8 Å². The Bertz CT molecular complexity index is 1150. The second-order valence-corrected chi connectivity index (χ2v) is 8.35. The van der Waals surface area contributed by atoms with E-state index in [0.29, 0.717) is 48.9 Å². The Kier molecular flexibility index (Phi) is 5.38. The molecule has 2 aromatic heterocycles. The number of fused-ring (bicyclic) bond motifs is 1. The minimum Gasteiger partial charge on any atom is -0.348 e. The molecule has 2 aliphatic heterocycles. The van der Waals surface area contributed by atoms with E-state index in [-0.39, 0.29) is 18.1 Å². The number of halogens is 2. The predicted octanol–water partition coefficient (Wildman–Crippen LogP) is 3.17. The maximum atomic E-state index is 14.4. The molecule has 168 valence electrons. The topological polar surface area (TPSA) is 77.8 Å². The highest BCUT2D eigenvalue weighted by Gasteiger charge is 2.30. The number of rotatable bonds is 3. The molecule has 10 heteroatoms. The van der Waals surface area contributed by atoms with Crippen LogP contribution in [0.25, 0.3) is 5.65 Å². The lowest BCUT2D eigenvalue weighted by Crippen LogP contribution is -2.52. The second-order valence-electron chi connectivity index (χ2n) is 8.35. The van der Waals surface area contributed by atoms with Gasteiger partial charge < -0.3 is 15.1 Å². The summed E-state index contributed by atoms with van der Waals surface area (Å²) in [6.07, 6.45) is 3.12. The highest BCUT2D eigenvalue weighted by Crippen LogP contribution is 2.36.